The number of hydrogen-bond donors (Lipinski definition) is 2. The summed E-state index contributed by atoms with van der Waals surface area (Å²) in [5.74, 6) is 0. The van der Waals surface area contributed by atoms with Gasteiger partial charge in [0, 0.05) is 12.1 Å². The molecule has 1 aliphatic heterocycles. The first-order valence-corrected chi connectivity index (χ1v) is 7.22. The molecule has 0 radical (unpaired) electrons. The summed E-state index contributed by atoms with van der Waals surface area (Å²) in [5.41, 5.74) is -0.438. The average Bonchev–Trinajstić information content (AvgIpc) is 2.27. The Labute approximate surface area is 117 Å². The van der Waals surface area contributed by atoms with Crippen molar-refractivity contribution >= 4 is 6.09 Å². The molecule has 0 aromatic heterocycles. The van der Waals surface area contributed by atoms with Gasteiger partial charge in [0.05, 0.1) is 6.67 Å². The SMILES string of the molecule is CC(C)N1CCC(NCNC(=O)OC(C)(C)C)CC1. The van der Waals surface area contributed by atoms with Gasteiger partial charge in [-0.2, -0.15) is 0 Å². The Morgan fingerprint density at radius 1 is 1.32 bits per heavy atom. The smallest absolute Gasteiger partial charge is 0.408 e. The fraction of sp³-hybridized carbons (Fsp3) is 0.929. The molecule has 1 saturated heterocycles. The van der Waals surface area contributed by atoms with Gasteiger partial charge >= 0.3 is 6.09 Å². The summed E-state index contributed by atoms with van der Waals surface area (Å²) < 4.78 is 5.18. The van der Waals surface area contributed by atoms with E-state index in [1.165, 1.54) is 0 Å². The van der Waals surface area contributed by atoms with E-state index >= 15 is 0 Å². The molecule has 0 atom stereocenters. The van der Waals surface area contributed by atoms with Crippen molar-refractivity contribution in [2.24, 2.45) is 0 Å². The number of amides is 1. The zero-order chi connectivity index (χ0) is 14.5. The van der Waals surface area contributed by atoms with E-state index in [-0.39, 0.29) is 6.09 Å². The molecule has 5 heteroatoms. The minimum atomic E-state index is -0.438. The van der Waals surface area contributed by atoms with Gasteiger partial charge in [-0.15, -0.1) is 0 Å². The summed E-state index contributed by atoms with van der Waals surface area (Å²) >= 11 is 0. The molecule has 0 aromatic carbocycles. The standard InChI is InChI=1S/C14H29N3O2/c1-11(2)17-8-6-12(7-9-17)15-10-16-13(18)19-14(3,4)5/h11-12,15H,6-10H2,1-5H3,(H,16,18). The van der Waals surface area contributed by atoms with Crippen LogP contribution in [-0.2, 0) is 4.74 Å². The van der Waals surface area contributed by atoms with Crippen LogP contribution in [-0.4, -0.2) is 48.4 Å². The number of alkyl carbamates (subject to hydrolysis) is 1. The van der Waals surface area contributed by atoms with Crippen LogP contribution in [0.1, 0.15) is 47.5 Å². The van der Waals surface area contributed by atoms with E-state index in [0.29, 0.717) is 18.8 Å². The van der Waals surface area contributed by atoms with Crippen molar-refractivity contribution in [2.75, 3.05) is 19.8 Å². The molecule has 1 heterocycles. The van der Waals surface area contributed by atoms with E-state index in [4.69, 9.17) is 4.74 Å². The van der Waals surface area contributed by atoms with Crippen LogP contribution in [0, 0.1) is 0 Å². The van der Waals surface area contributed by atoms with Crippen molar-refractivity contribution in [2.45, 2.75) is 65.1 Å². The van der Waals surface area contributed by atoms with Crippen molar-refractivity contribution in [1.82, 2.24) is 15.5 Å². The quantitative estimate of drug-likeness (QED) is 0.767. The molecule has 0 unspecified atom stereocenters. The number of piperidine rings is 1. The highest BCUT2D eigenvalue weighted by Crippen LogP contribution is 2.12. The van der Waals surface area contributed by atoms with E-state index in [1.54, 1.807) is 0 Å². The number of nitrogens with one attached hydrogen (secondary N) is 2. The van der Waals surface area contributed by atoms with Gasteiger partial charge in [0.15, 0.2) is 0 Å². The normalized spacial score (nSPS) is 18.6. The number of rotatable bonds is 4. The van der Waals surface area contributed by atoms with Gasteiger partial charge in [0.1, 0.15) is 5.60 Å². The van der Waals surface area contributed by atoms with Gasteiger partial charge < -0.3 is 15.0 Å². The maximum absolute atomic E-state index is 11.5. The second kappa shape index (κ2) is 7.10. The minimum Gasteiger partial charge on any atom is -0.444 e. The van der Waals surface area contributed by atoms with Crippen LogP contribution in [0.15, 0.2) is 0 Å². The largest absolute Gasteiger partial charge is 0.444 e. The van der Waals surface area contributed by atoms with Crippen LogP contribution in [0.4, 0.5) is 4.79 Å². The highest BCUT2D eigenvalue weighted by atomic mass is 16.6. The average molecular weight is 271 g/mol. The molecule has 1 amide bonds. The molecule has 112 valence electrons. The monoisotopic (exact) mass is 271 g/mol. The van der Waals surface area contributed by atoms with Gasteiger partial charge in [0.25, 0.3) is 0 Å². The second-order valence-corrected chi connectivity index (χ2v) is 6.46. The third-order valence-corrected chi connectivity index (χ3v) is 3.28. The maximum Gasteiger partial charge on any atom is 0.408 e. The van der Waals surface area contributed by atoms with Gasteiger partial charge in [-0.05, 0) is 60.5 Å². The third-order valence-electron chi connectivity index (χ3n) is 3.28. The summed E-state index contributed by atoms with van der Waals surface area (Å²) in [7, 11) is 0. The summed E-state index contributed by atoms with van der Waals surface area (Å²) in [5, 5.41) is 6.09. The van der Waals surface area contributed by atoms with E-state index in [0.717, 1.165) is 25.9 Å². The zero-order valence-corrected chi connectivity index (χ0v) is 13.0. The number of nitrogens with zero attached hydrogens (tertiary/aromatic N) is 1. The predicted octanol–water partition coefficient (Wildman–Crippen LogP) is 1.93. The molecule has 0 aromatic rings. The lowest BCUT2D eigenvalue weighted by Gasteiger charge is -2.35. The number of likely N-dealkylation sites (tertiary alicyclic amines) is 1. The number of ether oxygens (including phenoxy) is 1. The number of carbonyl (C=O) groups is 1. The molecular weight excluding hydrogens is 242 g/mol. The molecule has 2 N–H and O–H groups in total. The van der Waals surface area contributed by atoms with Crippen LogP contribution in [0.3, 0.4) is 0 Å². The fourth-order valence-electron chi connectivity index (χ4n) is 2.20. The van der Waals surface area contributed by atoms with Crippen molar-refractivity contribution in [3.05, 3.63) is 0 Å². The first-order chi connectivity index (χ1) is 8.78. The van der Waals surface area contributed by atoms with Crippen molar-refractivity contribution in [3.63, 3.8) is 0 Å². The van der Waals surface area contributed by atoms with Crippen LogP contribution < -0.4 is 10.6 Å². The van der Waals surface area contributed by atoms with Gasteiger partial charge in [-0.25, -0.2) is 4.79 Å². The van der Waals surface area contributed by atoms with Crippen molar-refractivity contribution < 1.29 is 9.53 Å². The topological polar surface area (TPSA) is 53.6 Å². The van der Waals surface area contributed by atoms with E-state index in [1.807, 2.05) is 20.8 Å². The molecule has 1 rings (SSSR count). The Bertz CT molecular complexity index is 279. The summed E-state index contributed by atoms with van der Waals surface area (Å²) in [6.45, 7) is 12.8. The van der Waals surface area contributed by atoms with Crippen LogP contribution in [0.2, 0.25) is 0 Å². The fourth-order valence-corrected chi connectivity index (χ4v) is 2.20. The molecule has 1 fully saturated rings. The Morgan fingerprint density at radius 2 is 1.89 bits per heavy atom. The lowest BCUT2D eigenvalue weighted by Crippen LogP contribution is -2.48. The lowest BCUT2D eigenvalue weighted by atomic mass is 10.0. The van der Waals surface area contributed by atoms with E-state index in [2.05, 4.69) is 29.4 Å². The Balaban J connectivity index is 2.13. The molecular formula is C14H29N3O2. The van der Waals surface area contributed by atoms with E-state index < -0.39 is 5.60 Å². The molecule has 19 heavy (non-hydrogen) atoms. The summed E-state index contributed by atoms with van der Waals surface area (Å²) in [6.07, 6.45) is 1.90. The predicted molar refractivity (Wildman–Crippen MR) is 77.1 cm³/mol. The Kier molecular flexibility index (Phi) is 6.07. The van der Waals surface area contributed by atoms with Crippen LogP contribution in [0.5, 0.6) is 0 Å². The Morgan fingerprint density at radius 3 is 2.37 bits per heavy atom. The third kappa shape index (κ3) is 6.78. The van der Waals surface area contributed by atoms with Crippen molar-refractivity contribution in [3.8, 4) is 0 Å². The highest BCUT2D eigenvalue weighted by molar-refractivity contribution is 5.67. The molecule has 1 aliphatic rings. The molecule has 0 aliphatic carbocycles. The second-order valence-electron chi connectivity index (χ2n) is 6.46. The summed E-state index contributed by atoms with van der Waals surface area (Å²) in [6, 6.07) is 1.12. The number of hydrogen-bond acceptors (Lipinski definition) is 4. The Hall–Kier alpha value is -0.810. The summed E-state index contributed by atoms with van der Waals surface area (Å²) in [4.78, 5) is 13.9. The first kappa shape index (κ1) is 16.2. The van der Waals surface area contributed by atoms with Crippen molar-refractivity contribution in [1.29, 1.82) is 0 Å². The van der Waals surface area contributed by atoms with E-state index in [9.17, 15) is 4.79 Å². The lowest BCUT2D eigenvalue weighted by molar-refractivity contribution is 0.0519. The van der Waals surface area contributed by atoms with Crippen LogP contribution >= 0.6 is 0 Å². The highest BCUT2D eigenvalue weighted by Gasteiger charge is 2.20. The van der Waals surface area contributed by atoms with Gasteiger partial charge in [-0.3, -0.25) is 5.32 Å². The maximum atomic E-state index is 11.5. The zero-order valence-electron chi connectivity index (χ0n) is 13.0. The van der Waals surface area contributed by atoms with Gasteiger partial charge in [0.2, 0.25) is 0 Å². The van der Waals surface area contributed by atoms with Crippen LogP contribution in [0.25, 0.3) is 0 Å². The van der Waals surface area contributed by atoms with Gasteiger partial charge in [-0.1, -0.05) is 0 Å². The first-order valence-electron chi connectivity index (χ1n) is 7.22. The molecule has 0 saturated carbocycles. The molecule has 0 bridgehead atoms. The molecule has 5 nitrogen and oxygen atoms in total. The minimum absolute atomic E-state index is 0.361. The number of carbonyl (C=O) groups excluding carboxylic acids is 1. The molecule has 0 spiro atoms.